The van der Waals surface area contributed by atoms with E-state index in [-0.39, 0.29) is 10.8 Å². The van der Waals surface area contributed by atoms with E-state index in [0.29, 0.717) is 29.6 Å². The summed E-state index contributed by atoms with van der Waals surface area (Å²) in [5.41, 5.74) is 3.49. The van der Waals surface area contributed by atoms with Crippen molar-refractivity contribution in [3.8, 4) is 11.1 Å². The smallest absolute Gasteiger partial charge is 0.241 e. The highest BCUT2D eigenvalue weighted by atomic mass is 32.2. The molecule has 0 radical (unpaired) electrons. The van der Waals surface area contributed by atoms with Crippen LogP contribution in [-0.2, 0) is 14.8 Å². The van der Waals surface area contributed by atoms with Gasteiger partial charge >= 0.3 is 0 Å². The Bertz CT molecular complexity index is 1140. The zero-order valence-corrected chi connectivity index (χ0v) is 16.2. The summed E-state index contributed by atoms with van der Waals surface area (Å²) >= 11 is 0. The monoisotopic (exact) mass is 399 g/mol. The molecule has 0 saturated carbocycles. The van der Waals surface area contributed by atoms with Gasteiger partial charge in [0.15, 0.2) is 0 Å². The van der Waals surface area contributed by atoms with Gasteiger partial charge in [0.1, 0.15) is 17.1 Å². The molecule has 146 valence electrons. The van der Waals surface area contributed by atoms with Gasteiger partial charge in [0.25, 0.3) is 0 Å². The number of carbonyl (C=O) groups excluding carboxylic acids is 1. The number of H-pyrrole nitrogens is 1. The number of fused-ring (bicyclic) bond motifs is 1. The van der Waals surface area contributed by atoms with Crippen LogP contribution in [0.2, 0.25) is 0 Å². The Hall–Kier alpha value is -2.78. The van der Waals surface area contributed by atoms with Gasteiger partial charge in [-0.25, -0.2) is 8.42 Å². The van der Waals surface area contributed by atoms with E-state index in [2.05, 4.69) is 25.4 Å². The van der Waals surface area contributed by atoms with Gasteiger partial charge in [-0.05, 0) is 55.5 Å². The lowest BCUT2D eigenvalue weighted by Crippen LogP contribution is -2.45. The Labute approximate surface area is 162 Å². The summed E-state index contributed by atoms with van der Waals surface area (Å²) in [6.45, 7) is 2.43. The first-order valence-electron chi connectivity index (χ1n) is 9.16. The normalized spacial score (nSPS) is 18.0. The van der Waals surface area contributed by atoms with E-state index in [1.807, 2.05) is 19.1 Å². The van der Waals surface area contributed by atoms with Crippen molar-refractivity contribution in [2.24, 2.45) is 0 Å². The lowest BCUT2D eigenvalue weighted by Gasteiger charge is -2.18. The summed E-state index contributed by atoms with van der Waals surface area (Å²) in [6.07, 6.45) is 2.11. The molecular weight excluding hydrogens is 378 g/mol. The zero-order valence-electron chi connectivity index (χ0n) is 15.4. The lowest BCUT2D eigenvalue weighted by atomic mass is 10.0. The van der Waals surface area contributed by atoms with Crippen molar-refractivity contribution in [2.45, 2.75) is 37.1 Å². The number of benzene rings is 2. The number of aromatic nitrogens is 3. The maximum atomic E-state index is 13.2. The molecule has 8 nitrogen and oxygen atoms in total. The molecule has 1 atom stereocenters. The van der Waals surface area contributed by atoms with Gasteiger partial charge in [0.05, 0.1) is 4.90 Å². The van der Waals surface area contributed by atoms with Crippen LogP contribution in [0, 0.1) is 6.92 Å². The van der Waals surface area contributed by atoms with Crippen molar-refractivity contribution < 1.29 is 13.2 Å². The molecule has 0 bridgehead atoms. The molecule has 1 aromatic heterocycles. The standard InChI is InChI=1S/C19H21N5O3S/c1-12-5-4-7-17(18(12)13-8-9-14-16(11-13)22-24-21-14)28(26,27)23-15-6-2-3-10-20-19(15)25/h4-5,7-9,11,15,23H,2-3,6,10H2,1H3,(H,20,25)(H,21,22,24)/t15-/m1/s1. The van der Waals surface area contributed by atoms with E-state index in [4.69, 9.17) is 0 Å². The van der Waals surface area contributed by atoms with Crippen LogP contribution in [0.1, 0.15) is 24.8 Å². The lowest BCUT2D eigenvalue weighted by molar-refractivity contribution is -0.122. The Morgan fingerprint density at radius 2 is 1.93 bits per heavy atom. The Kier molecular flexibility index (Phi) is 4.86. The first kappa shape index (κ1) is 18.6. The quantitative estimate of drug-likeness (QED) is 0.619. The third kappa shape index (κ3) is 3.50. The molecule has 1 saturated heterocycles. The third-order valence-electron chi connectivity index (χ3n) is 4.96. The summed E-state index contributed by atoms with van der Waals surface area (Å²) in [7, 11) is -3.90. The Balaban J connectivity index is 1.77. The number of hydrogen-bond acceptors (Lipinski definition) is 5. The summed E-state index contributed by atoms with van der Waals surface area (Å²) in [5.74, 6) is -0.278. The predicted molar refractivity (Wildman–Crippen MR) is 105 cm³/mol. The Morgan fingerprint density at radius 3 is 2.79 bits per heavy atom. The number of aromatic amines is 1. The first-order valence-corrected chi connectivity index (χ1v) is 10.6. The van der Waals surface area contributed by atoms with E-state index < -0.39 is 16.1 Å². The molecule has 0 aliphatic carbocycles. The fourth-order valence-corrected chi connectivity index (χ4v) is 5.06. The minimum Gasteiger partial charge on any atom is -0.355 e. The van der Waals surface area contributed by atoms with Gasteiger partial charge in [-0.2, -0.15) is 20.1 Å². The van der Waals surface area contributed by atoms with Gasteiger partial charge in [0.2, 0.25) is 15.9 Å². The molecule has 3 aromatic rings. The SMILES string of the molecule is Cc1cccc(S(=O)(=O)N[C@@H]2CCCCNC2=O)c1-c1ccc2n[nH]nc2c1. The summed E-state index contributed by atoms with van der Waals surface area (Å²) < 4.78 is 29.0. The molecule has 9 heteroatoms. The number of sulfonamides is 1. The fourth-order valence-electron chi connectivity index (χ4n) is 3.53. The zero-order chi connectivity index (χ0) is 19.7. The molecule has 2 heterocycles. The number of rotatable bonds is 4. The van der Waals surface area contributed by atoms with Crippen LogP contribution in [-0.4, -0.2) is 42.3 Å². The minimum atomic E-state index is -3.90. The molecule has 4 rings (SSSR count). The molecule has 3 N–H and O–H groups in total. The first-order chi connectivity index (χ1) is 13.5. The van der Waals surface area contributed by atoms with E-state index in [1.165, 1.54) is 0 Å². The van der Waals surface area contributed by atoms with Gasteiger partial charge < -0.3 is 5.32 Å². The second kappa shape index (κ2) is 7.33. The molecule has 1 aliphatic rings. The molecule has 1 amide bonds. The molecule has 28 heavy (non-hydrogen) atoms. The van der Waals surface area contributed by atoms with Crippen LogP contribution in [0.15, 0.2) is 41.3 Å². The second-order valence-electron chi connectivity index (χ2n) is 6.94. The highest BCUT2D eigenvalue weighted by molar-refractivity contribution is 7.89. The van der Waals surface area contributed by atoms with E-state index in [1.54, 1.807) is 24.3 Å². The van der Waals surface area contributed by atoms with Crippen LogP contribution < -0.4 is 10.0 Å². The fraction of sp³-hybridized carbons (Fsp3) is 0.316. The molecule has 0 unspecified atom stereocenters. The van der Waals surface area contributed by atoms with Crippen LogP contribution in [0.3, 0.4) is 0 Å². The average molecular weight is 399 g/mol. The predicted octanol–water partition coefficient (Wildman–Crippen LogP) is 1.88. The summed E-state index contributed by atoms with van der Waals surface area (Å²) in [4.78, 5) is 12.4. The van der Waals surface area contributed by atoms with E-state index in [0.717, 1.165) is 24.0 Å². The van der Waals surface area contributed by atoms with Crippen molar-refractivity contribution >= 4 is 27.0 Å². The molecule has 2 aromatic carbocycles. The van der Waals surface area contributed by atoms with Gasteiger partial charge in [-0.1, -0.05) is 18.2 Å². The largest absolute Gasteiger partial charge is 0.355 e. The highest BCUT2D eigenvalue weighted by Gasteiger charge is 2.29. The van der Waals surface area contributed by atoms with Gasteiger partial charge in [-0.15, -0.1) is 0 Å². The maximum absolute atomic E-state index is 13.2. The summed E-state index contributed by atoms with van der Waals surface area (Å²) in [6, 6.07) is 9.78. The highest BCUT2D eigenvalue weighted by Crippen LogP contribution is 2.32. The molecule has 1 aliphatic heterocycles. The maximum Gasteiger partial charge on any atom is 0.241 e. The topological polar surface area (TPSA) is 117 Å². The van der Waals surface area contributed by atoms with Crippen LogP contribution in [0.5, 0.6) is 0 Å². The minimum absolute atomic E-state index is 0.146. The Morgan fingerprint density at radius 1 is 1.11 bits per heavy atom. The van der Waals surface area contributed by atoms with Crippen LogP contribution in [0.4, 0.5) is 0 Å². The van der Waals surface area contributed by atoms with Crippen molar-refractivity contribution in [2.75, 3.05) is 6.54 Å². The van der Waals surface area contributed by atoms with Gasteiger partial charge in [-0.3, -0.25) is 4.79 Å². The number of carbonyl (C=O) groups is 1. The molecule has 1 fully saturated rings. The summed E-state index contributed by atoms with van der Waals surface area (Å²) in [5, 5.41) is 13.4. The van der Waals surface area contributed by atoms with Crippen molar-refractivity contribution in [1.29, 1.82) is 0 Å². The van der Waals surface area contributed by atoms with Crippen LogP contribution in [0.25, 0.3) is 22.2 Å². The van der Waals surface area contributed by atoms with Crippen LogP contribution >= 0.6 is 0 Å². The van der Waals surface area contributed by atoms with E-state index in [9.17, 15) is 13.2 Å². The molecule has 0 spiro atoms. The van der Waals surface area contributed by atoms with Crippen molar-refractivity contribution in [3.05, 3.63) is 42.0 Å². The van der Waals surface area contributed by atoms with Crippen molar-refractivity contribution in [3.63, 3.8) is 0 Å². The van der Waals surface area contributed by atoms with Crippen molar-refractivity contribution in [1.82, 2.24) is 25.4 Å². The number of aryl methyl sites for hydroxylation is 1. The molecular formula is C19H21N5O3S. The average Bonchev–Trinajstić information content (AvgIpc) is 3.05. The second-order valence-corrected chi connectivity index (χ2v) is 8.62. The van der Waals surface area contributed by atoms with Gasteiger partial charge in [0, 0.05) is 12.1 Å². The number of hydrogen-bond donors (Lipinski definition) is 3. The van der Waals surface area contributed by atoms with E-state index >= 15 is 0 Å². The number of nitrogens with one attached hydrogen (secondary N) is 3. The third-order valence-corrected chi connectivity index (χ3v) is 6.48. The number of amides is 1. The number of nitrogens with zero attached hydrogens (tertiary/aromatic N) is 2.